The van der Waals surface area contributed by atoms with Crippen LogP contribution in [-0.4, -0.2) is 21.8 Å². The van der Waals surface area contributed by atoms with E-state index in [2.05, 4.69) is 15.3 Å². The Morgan fingerprint density at radius 1 is 1.32 bits per heavy atom. The first-order valence-corrected chi connectivity index (χ1v) is 8.76. The number of aromatic amines is 1. The van der Waals surface area contributed by atoms with Crippen LogP contribution in [0.4, 0.5) is 5.13 Å². The van der Waals surface area contributed by atoms with Gasteiger partial charge in [0.25, 0.3) is 5.91 Å². The lowest BCUT2D eigenvalue weighted by Gasteiger charge is -2.14. The van der Waals surface area contributed by atoms with Crippen LogP contribution in [0.3, 0.4) is 0 Å². The molecule has 7 heteroatoms. The maximum absolute atomic E-state index is 12.6. The lowest BCUT2D eigenvalue weighted by Crippen LogP contribution is -2.20. The molecule has 2 aromatic heterocycles. The lowest BCUT2D eigenvalue weighted by atomic mass is 9.96. The molecule has 0 fully saturated rings. The standard InChI is InChI=1S/C18H18N4O2S/c1-2-13(11-6-4-3-5-7-11)17(24)22-18-21-15(10-25-18)12-8-14(16(19)23)20-9-12/h3-10,13,20H,2H2,1H3,(H2,19,23)(H,21,22,24). The van der Waals surface area contributed by atoms with Crippen molar-refractivity contribution in [3.63, 3.8) is 0 Å². The fraction of sp³-hybridized carbons (Fsp3) is 0.167. The molecule has 25 heavy (non-hydrogen) atoms. The zero-order valence-electron chi connectivity index (χ0n) is 13.7. The van der Waals surface area contributed by atoms with Gasteiger partial charge in [0.15, 0.2) is 5.13 Å². The Balaban J connectivity index is 1.74. The van der Waals surface area contributed by atoms with E-state index in [0.29, 0.717) is 22.9 Å². The molecule has 3 rings (SSSR count). The Morgan fingerprint density at radius 2 is 2.08 bits per heavy atom. The van der Waals surface area contributed by atoms with E-state index in [1.807, 2.05) is 42.6 Å². The Morgan fingerprint density at radius 3 is 2.72 bits per heavy atom. The molecule has 2 amide bonds. The highest BCUT2D eigenvalue weighted by molar-refractivity contribution is 7.14. The van der Waals surface area contributed by atoms with Gasteiger partial charge in [0.2, 0.25) is 5.91 Å². The maximum Gasteiger partial charge on any atom is 0.265 e. The number of thiazole rings is 1. The van der Waals surface area contributed by atoms with Gasteiger partial charge in [0, 0.05) is 17.1 Å². The molecule has 0 radical (unpaired) electrons. The fourth-order valence-corrected chi connectivity index (χ4v) is 3.32. The third-order valence-electron chi connectivity index (χ3n) is 3.91. The predicted octanol–water partition coefficient (Wildman–Crippen LogP) is 3.37. The Bertz CT molecular complexity index is 885. The minimum absolute atomic E-state index is 0.0820. The molecule has 0 saturated heterocycles. The third-order valence-corrected chi connectivity index (χ3v) is 4.66. The highest BCUT2D eigenvalue weighted by Gasteiger charge is 2.20. The Hall–Kier alpha value is -2.93. The highest BCUT2D eigenvalue weighted by atomic mass is 32.1. The highest BCUT2D eigenvalue weighted by Crippen LogP contribution is 2.27. The molecule has 0 aliphatic carbocycles. The number of nitrogens with two attached hydrogens (primary N) is 1. The number of anilines is 1. The molecule has 1 unspecified atom stereocenters. The molecule has 0 saturated carbocycles. The van der Waals surface area contributed by atoms with Crippen molar-refractivity contribution in [2.24, 2.45) is 5.73 Å². The van der Waals surface area contributed by atoms with E-state index < -0.39 is 5.91 Å². The van der Waals surface area contributed by atoms with Crippen LogP contribution in [-0.2, 0) is 4.79 Å². The molecule has 0 aliphatic rings. The molecule has 2 heterocycles. The molecule has 0 spiro atoms. The number of hydrogen-bond acceptors (Lipinski definition) is 4. The summed E-state index contributed by atoms with van der Waals surface area (Å²) in [6.07, 6.45) is 2.37. The molecule has 128 valence electrons. The number of primary amides is 1. The van der Waals surface area contributed by atoms with Gasteiger partial charge in [-0.1, -0.05) is 37.3 Å². The number of rotatable bonds is 6. The van der Waals surface area contributed by atoms with Crippen molar-refractivity contribution in [2.75, 3.05) is 5.32 Å². The quantitative estimate of drug-likeness (QED) is 0.632. The zero-order chi connectivity index (χ0) is 17.8. The van der Waals surface area contributed by atoms with Gasteiger partial charge < -0.3 is 16.0 Å². The average Bonchev–Trinajstić information content (AvgIpc) is 3.25. The Kier molecular flexibility index (Phi) is 4.95. The van der Waals surface area contributed by atoms with Crippen LogP contribution < -0.4 is 11.1 Å². The second-order valence-corrected chi connectivity index (χ2v) is 6.42. The molecule has 1 atom stereocenters. The van der Waals surface area contributed by atoms with Gasteiger partial charge in [-0.15, -0.1) is 11.3 Å². The van der Waals surface area contributed by atoms with Gasteiger partial charge in [0.05, 0.1) is 11.6 Å². The van der Waals surface area contributed by atoms with Crippen LogP contribution in [0.1, 0.15) is 35.3 Å². The summed E-state index contributed by atoms with van der Waals surface area (Å²) in [5, 5.41) is 5.23. The predicted molar refractivity (Wildman–Crippen MR) is 98.5 cm³/mol. The summed E-state index contributed by atoms with van der Waals surface area (Å²) < 4.78 is 0. The molecular weight excluding hydrogens is 336 g/mol. The molecule has 1 aromatic carbocycles. The summed E-state index contributed by atoms with van der Waals surface area (Å²) in [5.41, 5.74) is 7.97. The van der Waals surface area contributed by atoms with Crippen LogP contribution >= 0.6 is 11.3 Å². The minimum atomic E-state index is -0.524. The van der Waals surface area contributed by atoms with E-state index in [4.69, 9.17) is 5.73 Å². The van der Waals surface area contributed by atoms with Crippen LogP contribution in [0.15, 0.2) is 48.0 Å². The number of H-pyrrole nitrogens is 1. The van der Waals surface area contributed by atoms with Gasteiger partial charge in [-0.2, -0.15) is 0 Å². The van der Waals surface area contributed by atoms with Gasteiger partial charge in [0.1, 0.15) is 5.69 Å². The van der Waals surface area contributed by atoms with Gasteiger partial charge in [-0.25, -0.2) is 4.98 Å². The number of nitrogens with one attached hydrogen (secondary N) is 2. The van der Waals surface area contributed by atoms with Gasteiger partial charge >= 0.3 is 0 Å². The number of benzene rings is 1. The van der Waals surface area contributed by atoms with Crippen molar-refractivity contribution in [2.45, 2.75) is 19.3 Å². The topological polar surface area (TPSA) is 101 Å². The van der Waals surface area contributed by atoms with Crippen molar-refractivity contribution in [3.05, 3.63) is 59.2 Å². The third kappa shape index (κ3) is 3.77. The molecule has 0 aliphatic heterocycles. The second kappa shape index (κ2) is 7.31. The monoisotopic (exact) mass is 354 g/mol. The summed E-state index contributed by atoms with van der Waals surface area (Å²) >= 11 is 1.34. The smallest absolute Gasteiger partial charge is 0.265 e. The number of carbonyl (C=O) groups excluding carboxylic acids is 2. The number of aromatic nitrogens is 2. The first-order chi connectivity index (χ1) is 12.1. The van der Waals surface area contributed by atoms with Crippen LogP contribution in [0, 0.1) is 0 Å². The summed E-state index contributed by atoms with van der Waals surface area (Å²) in [4.78, 5) is 30.9. The SMILES string of the molecule is CCC(C(=O)Nc1nc(-c2c[nH]c(C(N)=O)c2)cs1)c1ccccc1. The summed E-state index contributed by atoms with van der Waals surface area (Å²) in [5.74, 6) is -0.826. The largest absolute Gasteiger partial charge is 0.364 e. The summed E-state index contributed by atoms with van der Waals surface area (Å²) in [7, 11) is 0. The van der Waals surface area contributed by atoms with Crippen molar-refractivity contribution < 1.29 is 9.59 Å². The number of nitrogens with zero attached hydrogens (tertiary/aromatic N) is 1. The first kappa shape index (κ1) is 16.9. The molecule has 3 aromatic rings. The van der Waals surface area contributed by atoms with Gasteiger partial charge in [-0.05, 0) is 18.1 Å². The molecule has 6 nitrogen and oxygen atoms in total. The number of hydrogen-bond donors (Lipinski definition) is 3. The van der Waals surface area contributed by atoms with E-state index in [9.17, 15) is 9.59 Å². The summed E-state index contributed by atoms with van der Waals surface area (Å²) in [6.45, 7) is 1.98. The second-order valence-electron chi connectivity index (χ2n) is 5.56. The van der Waals surface area contributed by atoms with Crippen LogP contribution in [0.2, 0.25) is 0 Å². The van der Waals surface area contributed by atoms with Crippen molar-refractivity contribution in [3.8, 4) is 11.3 Å². The lowest BCUT2D eigenvalue weighted by molar-refractivity contribution is -0.117. The van der Waals surface area contributed by atoms with Crippen molar-refractivity contribution >= 4 is 28.3 Å². The molecular formula is C18H18N4O2S. The van der Waals surface area contributed by atoms with E-state index >= 15 is 0 Å². The Labute approximate surface area is 149 Å². The van der Waals surface area contributed by atoms with E-state index in [-0.39, 0.29) is 11.8 Å². The molecule has 4 N–H and O–H groups in total. The normalized spacial score (nSPS) is 11.9. The number of amides is 2. The van der Waals surface area contributed by atoms with Gasteiger partial charge in [-0.3, -0.25) is 9.59 Å². The van der Waals surface area contributed by atoms with E-state index in [0.717, 1.165) is 11.1 Å². The maximum atomic E-state index is 12.6. The minimum Gasteiger partial charge on any atom is -0.364 e. The van der Waals surface area contributed by atoms with Crippen molar-refractivity contribution in [1.82, 2.24) is 9.97 Å². The van der Waals surface area contributed by atoms with Crippen LogP contribution in [0.25, 0.3) is 11.3 Å². The average molecular weight is 354 g/mol. The van der Waals surface area contributed by atoms with E-state index in [1.165, 1.54) is 11.3 Å². The van der Waals surface area contributed by atoms with E-state index in [1.54, 1.807) is 12.3 Å². The van der Waals surface area contributed by atoms with Crippen molar-refractivity contribution in [1.29, 1.82) is 0 Å². The molecule has 0 bridgehead atoms. The summed E-state index contributed by atoms with van der Waals surface area (Å²) in [6, 6.07) is 11.3. The van der Waals surface area contributed by atoms with Crippen LogP contribution in [0.5, 0.6) is 0 Å². The fourth-order valence-electron chi connectivity index (χ4n) is 2.60. The number of carbonyl (C=O) groups is 2. The zero-order valence-corrected chi connectivity index (χ0v) is 14.5. The first-order valence-electron chi connectivity index (χ1n) is 7.88.